The van der Waals surface area contributed by atoms with Crippen LogP contribution in [-0.2, 0) is 6.54 Å². The summed E-state index contributed by atoms with van der Waals surface area (Å²) in [7, 11) is 1.70. The molecule has 1 aliphatic heterocycles. The van der Waals surface area contributed by atoms with Gasteiger partial charge in [0.2, 0.25) is 0 Å². The Bertz CT molecular complexity index is 373. The minimum Gasteiger partial charge on any atom is -0.497 e. The van der Waals surface area contributed by atoms with Crippen molar-refractivity contribution in [3.63, 3.8) is 0 Å². The van der Waals surface area contributed by atoms with Crippen LogP contribution in [0.5, 0.6) is 5.75 Å². The minimum absolute atomic E-state index is 0.260. The summed E-state index contributed by atoms with van der Waals surface area (Å²) in [5.74, 6) is 0.918. The second kappa shape index (κ2) is 5.72. The van der Waals surface area contributed by atoms with Gasteiger partial charge < -0.3 is 15.4 Å². The number of methoxy groups -OCH3 is 1. The summed E-state index contributed by atoms with van der Waals surface area (Å²) in [6, 6.07) is 8.89. The molecule has 2 rings (SSSR count). The molecule has 100 valence electrons. The lowest BCUT2D eigenvalue weighted by atomic mass is 9.89. The molecule has 18 heavy (non-hydrogen) atoms. The maximum Gasteiger partial charge on any atom is 0.118 e. The first-order chi connectivity index (χ1) is 8.59. The molecule has 1 aliphatic rings. The summed E-state index contributed by atoms with van der Waals surface area (Å²) in [4.78, 5) is 0. The van der Waals surface area contributed by atoms with Gasteiger partial charge in [0.05, 0.1) is 7.11 Å². The summed E-state index contributed by atoms with van der Waals surface area (Å²) in [6.45, 7) is 6.58. The molecule has 1 aromatic carbocycles. The van der Waals surface area contributed by atoms with Crippen LogP contribution in [0, 0.1) is 0 Å². The van der Waals surface area contributed by atoms with Gasteiger partial charge in [-0.25, -0.2) is 0 Å². The van der Waals surface area contributed by atoms with Gasteiger partial charge in [-0.3, -0.25) is 0 Å². The fourth-order valence-electron chi connectivity index (χ4n) is 2.55. The first kappa shape index (κ1) is 13.4. The Balaban J connectivity index is 1.83. The zero-order valence-electron chi connectivity index (χ0n) is 11.6. The number of piperidine rings is 1. The number of nitrogens with one attached hydrogen (secondary N) is 2. The molecule has 1 atom stereocenters. The third kappa shape index (κ3) is 3.72. The topological polar surface area (TPSA) is 33.3 Å². The SMILES string of the molecule is COc1ccc(CNC2CCNC(C)(C)C2)cc1. The molecule has 0 radical (unpaired) electrons. The van der Waals surface area contributed by atoms with Gasteiger partial charge in [0.25, 0.3) is 0 Å². The second-order valence-corrected chi connectivity index (χ2v) is 5.73. The number of benzene rings is 1. The van der Waals surface area contributed by atoms with Crippen molar-refractivity contribution >= 4 is 0 Å². The van der Waals surface area contributed by atoms with Crippen molar-refractivity contribution in [3.8, 4) is 5.75 Å². The van der Waals surface area contributed by atoms with Crippen LogP contribution in [0.15, 0.2) is 24.3 Å². The van der Waals surface area contributed by atoms with Crippen LogP contribution in [0.1, 0.15) is 32.3 Å². The van der Waals surface area contributed by atoms with Gasteiger partial charge in [0.1, 0.15) is 5.75 Å². The Morgan fingerprint density at radius 2 is 2.06 bits per heavy atom. The van der Waals surface area contributed by atoms with Crippen LogP contribution in [0.3, 0.4) is 0 Å². The number of hydrogen-bond acceptors (Lipinski definition) is 3. The van der Waals surface area contributed by atoms with Crippen molar-refractivity contribution < 1.29 is 4.74 Å². The quantitative estimate of drug-likeness (QED) is 0.858. The Morgan fingerprint density at radius 3 is 2.67 bits per heavy atom. The van der Waals surface area contributed by atoms with Crippen LogP contribution in [-0.4, -0.2) is 25.2 Å². The maximum absolute atomic E-state index is 5.16. The largest absolute Gasteiger partial charge is 0.497 e. The first-order valence-corrected chi connectivity index (χ1v) is 6.70. The van der Waals surface area contributed by atoms with Gasteiger partial charge in [-0.2, -0.15) is 0 Å². The second-order valence-electron chi connectivity index (χ2n) is 5.73. The van der Waals surface area contributed by atoms with E-state index in [9.17, 15) is 0 Å². The summed E-state index contributed by atoms with van der Waals surface area (Å²) in [5.41, 5.74) is 1.57. The lowest BCUT2D eigenvalue weighted by Crippen LogP contribution is -2.51. The fourth-order valence-corrected chi connectivity index (χ4v) is 2.55. The van der Waals surface area contributed by atoms with E-state index in [2.05, 4.69) is 36.6 Å². The van der Waals surface area contributed by atoms with E-state index >= 15 is 0 Å². The molecule has 3 heteroatoms. The van der Waals surface area contributed by atoms with Crippen LogP contribution in [0.2, 0.25) is 0 Å². The molecular formula is C15H24N2O. The number of ether oxygens (including phenoxy) is 1. The predicted molar refractivity (Wildman–Crippen MR) is 74.9 cm³/mol. The zero-order valence-corrected chi connectivity index (χ0v) is 11.6. The lowest BCUT2D eigenvalue weighted by Gasteiger charge is -2.37. The molecule has 0 spiro atoms. The molecule has 1 aromatic rings. The molecule has 0 aliphatic carbocycles. The third-order valence-corrected chi connectivity index (χ3v) is 3.61. The zero-order chi connectivity index (χ0) is 13.0. The normalized spacial score (nSPS) is 22.7. The van der Waals surface area contributed by atoms with Crippen molar-refractivity contribution in [2.24, 2.45) is 0 Å². The van der Waals surface area contributed by atoms with Gasteiger partial charge in [-0.05, 0) is 50.9 Å². The van der Waals surface area contributed by atoms with Gasteiger partial charge in [-0.15, -0.1) is 0 Å². The van der Waals surface area contributed by atoms with E-state index in [4.69, 9.17) is 4.74 Å². The Hall–Kier alpha value is -1.06. The van der Waals surface area contributed by atoms with Crippen molar-refractivity contribution in [1.82, 2.24) is 10.6 Å². The lowest BCUT2D eigenvalue weighted by molar-refractivity contribution is 0.247. The molecular weight excluding hydrogens is 224 g/mol. The molecule has 2 N–H and O–H groups in total. The summed E-state index contributed by atoms with van der Waals surface area (Å²) in [5, 5.41) is 7.20. The summed E-state index contributed by atoms with van der Waals surface area (Å²) < 4.78 is 5.16. The smallest absolute Gasteiger partial charge is 0.118 e. The van der Waals surface area contributed by atoms with Gasteiger partial charge in [-0.1, -0.05) is 12.1 Å². The molecule has 1 saturated heterocycles. The minimum atomic E-state index is 0.260. The van der Waals surface area contributed by atoms with Gasteiger partial charge in [0.15, 0.2) is 0 Å². The standard InChI is InChI=1S/C15H24N2O/c1-15(2)10-13(8-9-17-15)16-11-12-4-6-14(18-3)7-5-12/h4-7,13,16-17H,8-11H2,1-3H3. The summed E-state index contributed by atoms with van der Waals surface area (Å²) in [6.07, 6.45) is 2.39. The highest BCUT2D eigenvalue weighted by Crippen LogP contribution is 2.19. The molecule has 1 fully saturated rings. The van der Waals surface area contributed by atoms with E-state index in [-0.39, 0.29) is 5.54 Å². The van der Waals surface area contributed by atoms with Crippen molar-refractivity contribution in [3.05, 3.63) is 29.8 Å². The van der Waals surface area contributed by atoms with E-state index in [1.807, 2.05) is 12.1 Å². The van der Waals surface area contributed by atoms with Crippen LogP contribution in [0.4, 0.5) is 0 Å². The molecule has 1 heterocycles. The predicted octanol–water partition coefficient (Wildman–Crippen LogP) is 2.32. The van der Waals surface area contributed by atoms with E-state index in [1.165, 1.54) is 18.4 Å². The van der Waals surface area contributed by atoms with E-state index in [0.29, 0.717) is 6.04 Å². The molecule has 0 bridgehead atoms. The Labute approximate surface area is 110 Å². The fraction of sp³-hybridized carbons (Fsp3) is 0.600. The monoisotopic (exact) mass is 248 g/mol. The van der Waals surface area contributed by atoms with Gasteiger partial charge >= 0.3 is 0 Å². The molecule has 0 aromatic heterocycles. The molecule has 0 saturated carbocycles. The van der Waals surface area contributed by atoms with Crippen molar-refractivity contribution in [1.29, 1.82) is 0 Å². The van der Waals surface area contributed by atoms with E-state index in [0.717, 1.165) is 18.8 Å². The average Bonchev–Trinajstić information content (AvgIpc) is 2.36. The molecule has 3 nitrogen and oxygen atoms in total. The highest BCUT2D eigenvalue weighted by Gasteiger charge is 2.26. The van der Waals surface area contributed by atoms with Crippen molar-refractivity contribution in [2.75, 3.05) is 13.7 Å². The highest BCUT2D eigenvalue weighted by atomic mass is 16.5. The third-order valence-electron chi connectivity index (χ3n) is 3.61. The Kier molecular flexibility index (Phi) is 4.25. The number of rotatable bonds is 4. The Morgan fingerprint density at radius 1 is 1.33 bits per heavy atom. The number of hydrogen-bond donors (Lipinski definition) is 2. The van der Waals surface area contributed by atoms with Crippen LogP contribution in [0.25, 0.3) is 0 Å². The summed E-state index contributed by atoms with van der Waals surface area (Å²) >= 11 is 0. The van der Waals surface area contributed by atoms with Crippen LogP contribution >= 0.6 is 0 Å². The van der Waals surface area contributed by atoms with Crippen molar-refractivity contribution in [2.45, 2.75) is 44.8 Å². The maximum atomic E-state index is 5.16. The average molecular weight is 248 g/mol. The highest BCUT2D eigenvalue weighted by molar-refractivity contribution is 5.27. The van der Waals surface area contributed by atoms with Crippen LogP contribution < -0.4 is 15.4 Å². The van der Waals surface area contributed by atoms with E-state index < -0.39 is 0 Å². The first-order valence-electron chi connectivity index (χ1n) is 6.70. The van der Waals surface area contributed by atoms with Gasteiger partial charge in [0, 0.05) is 18.1 Å². The molecule has 1 unspecified atom stereocenters. The molecule has 0 amide bonds. The van der Waals surface area contributed by atoms with E-state index in [1.54, 1.807) is 7.11 Å².